The van der Waals surface area contributed by atoms with E-state index in [0.29, 0.717) is 12.1 Å². The number of rotatable bonds is 6. The second-order valence-electron chi connectivity index (χ2n) is 4.97. The van der Waals surface area contributed by atoms with E-state index in [4.69, 9.17) is 0 Å². The summed E-state index contributed by atoms with van der Waals surface area (Å²) in [6.07, 6.45) is 3.67. The molecule has 0 unspecified atom stereocenters. The van der Waals surface area contributed by atoms with Crippen LogP contribution in [-0.4, -0.2) is 28.8 Å². The number of benzene rings is 1. The van der Waals surface area contributed by atoms with Gasteiger partial charge in [-0.2, -0.15) is 5.10 Å². The van der Waals surface area contributed by atoms with Crippen molar-refractivity contribution in [3.8, 4) is 0 Å². The van der Waals surface area contributed by atoms with Crippen LogP contribution in [0.5, 0.6) is 0 Å². The van der Waals surface area contributed by atoms with Gasteiger partial charge in [-0.15, -0.1) is 0 Å². The zero-order chi connectivity index (χ0) is 15.8. The summed E-state index contributed by atoms with van der Waals surface area (Å²) in [5.41, 5.74) is 1.50. The molecule has 1 heterocycles. The van der Waals surface area contributed by atoms with E-state index in [1.54, 1.807) is 19.2 Å². The smallest absolute Gasteiger partial charge is 0.191 e. The molecule has 118 valence electrons. The first-order chi connectivity index (χ1) is 10.7. The number of hydrogen-bond donors (Lipinski definition) is 2. The minimum absolute atomic E-state index is 0.190. The standard InChI is InChI=1S/C16H22FN5/c1-3-18-16(19-8-10-22-9-4-7-21-22)20-12-14-6-5-13(2)15(17)11-14/h4-7,9,11H,3,8,10,12H2,1-2H3,(H2,18,19,20). The number of hydrogen-bond acceptors (Lipinski definition) is 2. The third-order valence-electron chi connectivity index (χ3n) is 3.19. The average Bonchev–Trinajstić information content (AvgIpc) is 3.01. The van der Waals surface area contributed by atoms with Gasteiger partial charge < -0.3 is 10.6 Å². The minimum Gasteiger partial charge on any atom is -0.357 e. The van der Waals surface area contributed by atoms with Crippen molar-refractivity contribution >= 4 is 5.96 Å². The summed E-state index contributed by atoms with van der Waals surface area (Å²) in [7, 11) is 0. The minimum atomic E-state index is -0.190. The van der Waals surface area contributed by atoms with E-state index in [-0.39, 0.29) is 5.82 Å². The van der Waals surface area contributed by atoms with Crippen molar-refractivity contribution in [3.05, 3.63) is 53.6 Å². The third-order valence-corrected chi connectivity index (χ3v) is 3.19. The molecular formula is C16H22FN5. The van der Waals surface area contributed by atoms with Gasteiger partial charge in [0.15, 0.2) is 5.96 Å². The lowest BCUT2D eigenvalue weighted by Gasteiger charge is -2.11. The molecule has 0 aliphatic heterocycles. The Kier molecular flexibility index (Phi) is 5.94. The van der Waals surface area contributed by atoms with Gasteiger partial charge in [0.1, 0.15) is 5.82 Å². The number of nitrogens with zero attached hydrogens (tertiary/aromatic N) is 3. The first kappa shape index (κ1) is 16.0. The molecule has 0 spiro atoms. The number of aliphatic imine (C=N–C) groups is 1. The highest BCUT2D eigenvalue weighted by Gasteiger charge is 2.01. The van der Waals surface area contributed by atoms with Gasteiger partial charge in [-0.3, -0.25) is 4.68 Å². The Hall–Kier alpha value is -2.37. The molecule has 0 atom stereocenters. The average molecular weight is 303 g/mol. The number of nitrogens with one attached hydrogen (secondary N) is 2. The lowest BCUT2D eigenvalue weighted by atomic mass is 10.1. The van der Waals surface area contributed by atoms with Gasteiger partial charge >= 0.3 is 0 Å². The topological polar surface area (TPSA) is 54.2 Å². The molecule has 0 saturated carbocycles. The number of halogens is 1. The summed E-state index contributed by atoms with van der Waals surface area (Å²) in [5, 5.41) is 10.6. The van der Waals surface area contributed by atoms with Crippen molar-refractivity contribution in [1.82, 2.24) is 20.4 Å². The van der Waals surface area contributed by atoms with Gasteiger partial charge in [0.05, 0.1) is 13.1 Å². The quantitative estimate of drug-likeness (QED) is 0.634. The van der Waals surface area contributed by atoms with E-state index in [2.05, 4.69) is 20.7 Å². The molecule has 5 nitrogen and oxygen atoms in total. The van der Waals surface area contributed by atoms with Crippen molar-refractivity contribution in [2.24, 2.45) is 4.99 Å². The maximum absolute atomic E-state index is 13.5. The molecule has 22 heavy (non-hydrogen) atoms. The van der Waals surface area contributed by atoms with Gasteiger partial charge in [-0.05, 0) is 37.1 Å². The molecule has 0 aliphatic carbocycles. The first-order valence-electron chi connectivity index (χ1n) is 7.43. The summed E-state index contributed by atoms with van der Waals surface area (Å²) in [6, 6.07) is 7.10. The van der Waals surface area contributed by atoms with E-state index < -0.39 is 0 Å². The van der Waals surface area contributed by atoms with Crippen LogP contribution in [0.25, 0.3) is 0 Å². The van der Waals surface area contributed by atoms with Crippen LogP contribution in [-0.2, 0) is 13.1 Å². The van der Waals surface area contributed by atoms with Gasteiger partial charge in [-0.1, -0.05) is 12.1 Å². The Bertz CT molecular complexity index is 607. The zero-order valence-electron chi connectivity index (χ0n) is 13.0. The molecule has 0 fully saturated rings. The van der Waals surface area contributed by atoms with Crippen LogP contribution in [0.4, 0.5) is 4.39 Å². The summed E-state index contributed by atoms with van der Waals surface area (Å²) < 4.78 is 15.4. The Labute approximate surface area is 130 Å². The van der Waals surface area contributed by atoms with Crippen LogP contribution in [0.1, 0.15) is 18.1 Å². The fraction of sp³-hybridized carbons (Fsp3) is 0.375. The number of aromatic nitrogens is 2. The highest BCUT2D eigenvalue weighted by atomic mass is 19.1. The molecule has 1 aromatic carbocycles. The number of guanidine groups is 1. The maximum atomic E-state index is 13.5. The van der Waals surface area contributed by atoms with Crippen LogP contribution in [0.2, 0.25) is 0 Å². The molecule has 2 N–H and O–H groups in total. The summed E-state index contributed by atoms with van der Waals surface area (Å²) in [6.45, 7) is 6.45. The fourth-order valence-electron chi connectivity index (χ4n) is 1.97. The SMILES string of the molecule is CCNC(=NCc1ccc(C)c(F)c1)NCCn1cccn1. The van der Waals surface area contributed by atoms with Crippen LogP contribution in [0.3, 0.4) is 0 Å². The van der Waals surface area contributed by atoms with Crippen LogP contribution < -0.4 is 10.6 Å². The molecule has 2 rings (SSSR count). The molecule has 0 bridgehead atoms. The summed E-state index contributed by atoms with van der Waals surface area (Å²) in [5.74, 6) is 0.528. The normalized spacial score (nSPS) is 11.5. The highest BCUT2D eigenvalue weighted by molar-refractivity contribution is 5.79. The molecule has 1 aromatic heterocycles. The van der Waals surface area contributed by atoms with Gasteiger partial charge in [0.25, 0.3) is 0 Å². The van der Waals surface area contributed by atoms with Crippen molar-refractivity contribution in [1.29, 1.82) is 0 Å². The van der Waals surface area contributed by atoms with Gasteiger partial charge in [0.2, 0.25) is 0 Å². The van der Waals surface area contributed by atoms with Gasteiger partial charge in [0, 0.05) is 25.5 Å². The van der Waals surface area contributed by atoms with Gasteiger partial charge in [-0.25, -0.2) is 9.38 Å². The van der Waals surface area contributed by atoms with E-state index in [1.165, 1.54) is 6.07 Å². The maximum Gasteiger partial charge on any atom is 0.191 e. The van der Waals surface area contributed by atoms with Crippen molar-refractivity contribution in [3.63, 3.8) is 0 Å². The zero-order valence-corrected chi connectivity index (χ0v) is 13.0. The molecule has 0 radical (unpaired) electrons. The van der Waals surface area contributed by atoms with Crippen LogP contribution >= 0.6 is 0 Å². The molecule has 0 saturated heterocycles. The van der Waals surface area contributed by atoms with Crippen molar-refractivity contribution < 1.29 is 4.39 Å². The molecule has 6 heteroatoms. The second kappa shape index (κ2) is 8.17. The first-order valence-corrected chi connectivity index (χ1v) is 7.43. The highest BCUT2D eigenvalue weighted by Crippen LogP contribution is 2.09. The summed E-state index contributed by atoms with van der Waals surface area (Å²) >= 11 is 0. The molecule has 0 amide bonds. The van der Waals surface area contributed by atoms with Crippen molar-refractivity contribution in [2.45, 2.75) is 26.9 Å². The molecule has 0 aliphatic rings. The van der Waals surface area contributed by atoms with E-state index in [1.807, 2.05) is 29.9 Å². The molecular weight excluding hydrogens is 281 g/mol. The third kappa shape index (κ3) is 4.87. The Morgan fingerprint density at radius 2 is 2.23 bits per heavy atom. The Balaban J connectivity index is 1.89. The van der Waals surface area contributed by atoms with E-state index in [0.717, 1.165) is 31.2 Å². The fourth-order valence-corrected chi connectivity index (χ4v) is 1.97. The lowest BCUT2D eigenvalue weighted by molar-refractivity contribution is 0.597. The Morgan fingerprint density at radius 3 is 2.91 bits per heavy atom. The van der Waals surface area contributed by atoms with E-state index in [9.17, 15) is 4.39 Å². The Morgan fingerprint density at radius 1 is 1.36 bits per heavy atom. The second-order valence-corrected chi connectivity index (χ2v) is 4.97. The van der Waals surface area contributed by atoms with Crippen LogP contribution in [0, 0.1) is 12.7 Å². The monoisotopic (exact) mass is 303 g/mol. The summed E-state index contributed by atoms with van der Waals surface area (Å²) in [4.78, 5) is 4.47. The predicted octanol–water partition coefficient (Wildman–Crippen LogP) is 2.09. The van der Waals surface area contributed by atoms with Crippen LogP contribution in [0.15, 0.2) is 41.7 Å². The van der Waals surface area contributed by atoms with Crippen molar-refractivity contribution in [2.75, 3.05) is 13.1 Å². The lowest BCUT2D eigenvalue weighted by Crippen LogP contribution is -2.38. The largest absolute Gasteiger partial charge is 0.357 e. The predicted molar refractivity (Wildman–Crippen MR) is 86.2 cm³/mol. The van der Waals surface area contributed by atoms with E-state index >= 15 is 0 Å². The number of aryl methyl sites for hydroxylation is 1. The molecule has 2 aromatic rings.